The number of carbonyl (C=O) groups is 5. The Morgan fingerprint density at radius 1 is 0.733 bits per heavy atom. The molecule has 0 spiro atoms. The third kappa shape index (κ3) is 18.3. The fourth-order valence-corrected chi connectivity index (χ4v) is 6.67. The van der Waals surface area contributed by atoms with Crippen LogP contribution in [0.3, 0.4) is 0 Å². The maximum absolute atomic E-state index is 11.9. The largest absolute Gasteiger partial charge is 0.481 e. The molecule has 2 aliphatic carbocycles. The molecule has 0 heterocycles. The summed E-state index contributed by atoms with van der Waals surface area (Å²) in [6, 6.07) is 0. The van der Waals surface area contributed by atoms with E-state index in [9.17, 15) is 34.2 Å². The fraction of sp³-hybridized carbons (Fsp3) is 0.857. The predicted octanol–water partition coefficient (Wildman–Crippen LogP) is 7.09. The number of hydrogen-bond donors (Lipinski definition) is 3. The standard InChI is InChI=1S/C17H31NO4.C17H28O5.CH4/c2*1-16(2,3)22-15(21)6-10-17(12-14(19)20)8-4-13(5-9-17)7-11-18;/h13H,4-12,18H2,1-3H3,(H,19,20);11,13H,4-10,12H2,1-3H3,(H,19,20);1H4. The van der Waals surface area contributed by atoms with Crippen LogP contribution in [0.1, 0.15) is 152 Å². The first-order chi connectivity index (χ1) is 20.3. The van der Waals surface area contributed by atoms with Crippen LogP contribution in [-0.2, 0) is 33.4 Å². The number of aldehydes is 1. The molecule has 45 heavy (non-hydrogen) atoms. The van der Waals surface area contributed by atoms with Crippen molar-refractivity contribution in [1.82, 2.24) is 0 Å². The van der Waals surface area contributed by atoms with Gasteiger partial charge in [0.2, 0.25) is 0 Å². The van der Waals surface area contributed by atoms with Crippen molar-refractivity contribution in [2.75, 3.05) is 6.54 Å². The van der Waals surface area contributed by atoms with Crippen molar-refractivity contribution in [3.8, 4) is 0 Å². The Bertz CT molecular complexity index is 932. The zero-order valence-electron chi connectivity index (χ0n) is 28.1. The number of carbonyl (C=O) groups excluding carboxylic acids is 3. The van der Waals surface area contributed by atoms with Gasteiger partial charge in [-0.25, -0.2) is 0 Å². The molecule has 0 amide bonds. The third-order valence-corrected chi connectivity index (χ3v) is 8.95. The van der Waals surface area contributed by atoms with Crippen molar-refractivity contribution in [1.29, 1.82) is 0 Å². The highest BCUT2D eigenvalue weighted by atomic mass is 16.6. The van der Waals surface area contributed by atoms with Gasteiger partial charge in [-0.3, -0.25) is 19.2 Å². The molecule has 0 aromatic rings. The Labute approximate surface area is 271 Å². The highest BCUT2D eigenvalue weighted by molar-refractivity contribution is 5.71. The van der Waals surface area contributed by atoms with Gasteiger partial charge in [0.05, 0.1) is 12.8 Å². The Morgan fingerprint density at radius 2 is 1.09 bits per heavy atom. The minimum absolute atomic E-state index is 0. The van der Waals surface area contributed by atoms with E-state index in [2.05, 4.69) is 0 Å². The van der Waals surface area contributed by atoms with Crippen molar-refractivity contribution in [3.05, 3.63) is 0 Å². The normalized spacial score (nSPS) is 25.0. The van der Waals surface area contributed by atoms with Crippen molar-refractivity contribution in [2.45, 2.75) is 163 Å². The molecule has 262 valence electrons. The number of ether oxygens (including phenoxy) is 2. The molecule has 0 radical (unpaired) electrons. The molecular weight excluding hydrogens is 578 g/mol. The first-order valence-corrected chi connectivity index (χ1v) is 16.3. The van der Waals surface area contributed by atoms with Gasteiger partial charge in [-0.1, -0.05) is 7.43 Å². The fourth-order valence-electron chi connectivity index (χ4n) is 6.67. The van der Waals surface area contributed by atoms with E-state index in [1.807, 2.05) is 41.5 Å². The Balaban J connectivity index is 0.000000842. The molecule has 0 aromatic heterocycles. The van der Waals surface area contributed by atoms with E-state index in [0.29, 0.717) is 44.1 Å². The van der Waals surface area contributed by atoms with E-state index in [1.165, 1.54) is 0 Å². The molecule has 2 aliphatic rings. The van der Waals surface area contributed by atoms with Crippen LogP contribution >= 0.6 is 0 Å². The lowest BCUT2D eigenvalue weighted by atomic mass is 9.66. The van der Waals surface area contributed by atoms with Gasteiger partial charge < -0.3 is 30.2 Å². The van der Waals surface area contributed by atoms with Crippen molar-refractivity contribution in [2.24, 2.45) is 28.4 Å². The number of carboxylic acid groups (broad SMARTS) is 2. The van der Waals surface area contributed by atoms with Gasteiger partial charge in [0.15, 0.2) is 0 Å². The monoisotopic (exact) mass is 641 g/mol. The first-order valence-electron chi connectivity index (χ1n) is 16.3. The summed E-state index contributed by atoms with van der Waals surface area (Å²) in [5, 5.41) is 18.4. The number of carboxylic acids is 2. The summed E-state index contributed by atoms with van der Waals surface area (Å²) >= 11 is 0. The second-order valence-electron chi connectivity index (χ2n) is 15.2. The molecule has 2 saturated carbocycles. The van der Waals surface area contributed by atoms with Crippen LogP contribution in [0.25, 0.3) is 0 Å². The highest BCUT2D eigenvalue weighted by Gasteiger charge is 2.39. The molecule has 0 aliphatic heterocycles. The molecule has 0 aromatic carbocycles. The molecule has 0 unspecified atom stereocenters. The van der Waals surface area contributed by atoms with E-state index in [1.54, 1.807) is 0 Å². The smallest absolute Gasteiger partial charge is 0.306 e. The van der Waals surface area contributed by atoms with Crippen LogP contribution in [-0.4, -0.2) is 58.1 Å². The zero-order valence-corrected chi connectivity index (χ0v) is 28.1. The lowest BCUT2D eigenvalue weighted by molar-refractivity contribution is -0.157. The summed E-state index contributed by atoms with van der Waals surface area (Å²) in [5.74, 6) is -1.14. The molecule has 0 bridgehead atoms. The average Bonchev–Trinajstić information content (AvgIpc) is 2.87. The van der Waals surface area contributed by atoms with Crippen LogP contribution in [0, 0.1) is 22.7 Å². The molecule has 4 N–H and O–H groups in total. The Hall–Kier alpha value is -2.49. The number of esters is 2. The second-order valence-corrected chi connectivity index (χ2v) is 15.2. The highest BCUT2D eigenvalue weighted by Crippen LogP contribution is 2.47. The van der Waals surface area contributed by atoms with E-state index >= 15 is 0 Å². The predicted molar refractivity (Wildman–Crippen MR) is 175 cm³/mol. The van der Waals surface area contributed by atoms with Crippen LogP contribution in [0.5, 0.6) is 0 Å². The molecule has 10 nitrogen and oxygen atoms in total. The summed E-state index contributed by atoms with van der Waals surface area (Å²) in [6.45, 7) is 11.7. The number of aliphatic carboxylic acids is 2. The van der Waals surface area contributed by atoms with Gasteiger partial charge >= 0.3 is 23.9 Å². The lowest BCUT2D eigenvalue weighted by Crippen LogP contribution is -2.32. The van der Waals surface area contributed by atoms with Gasteiger partial charge in [-0.2, -0.15) is 0 Å². The second kappa shape index (κ2) is 19.2. The number of hydrogen-bond acceptors (Lipinski definition) is 8. The van der Waals surface area contributed by atoms with Gasteiger partial charge in [0.1, 0.15) is 17.5 Å². The zero-order chi connectivity index (χ0) is 33.6. The number of rotatable bonds is 14. The van der Waals surface area contributed by atoms with E-state index in [0.717, 1.165) is 64.1 Å². The Morgan fingerprint density at radius 3 is 1.38 bits per heavy atom. The number of nitrogens with two attached hydrogens (primary N) is 1. The van der Waals surface area contributed by atoms with Crippen molar-refractivity contribution >= 4 is 30.2 Å². The maximum Gasteiger partial charge on any atom is 0.306 e. The van der Waals surface area contributed by atoms with E-state index < -0.39 is 23.1 Å². The summed E-state index contributed by atoms with van der Waals surface area (Å²) in [4.78, 5) is 56.8. The third-order valence-electron chi connectivity index (χ3n) is 8.95. The molecule has 10 heteroatoms. The first kappa shape index (κ1) is 42.5. The summed E-state index contributed by atoms with van der Waals surface area (Å²) in [7, 11) is 0. The maximum atomic E-state index is 11.9. The molecular formula is C35H63NO9. The summed E-state index contributed by atoms with van der Waals surface area (Å²) in [5.41, 5.74) is 4.02. The summed E-state index contributed by atoms with van der Waals surface area (Å²) < 4.78 is 10.6. The lowest BCUT2D eigenvalue weighted by Gasteiger charge is -2.39. The quantitative estimate of drug-likeness (QED) is 0.131. The van der Waals surface area contributed by atoms with Crippen LogP contribution in [0.4, 0.5) is 0 Å². The average molecular weight is 642 g/mol. The molecule has 0 saturated heterocycles. The van der Waals surface area contributed by atoms with Gasteiger partial charge in [-0.15, -0.1) is 0 Å². The van der Waals surface area contributed by atoms with E-state index in [4.69, 9.17) is 15.2 Å². The van der Waals surface area contributed by atoms with E-state index in [-0.39, 0.29) is 49.5 Å². The minimum Gasteiger partial charge on any atom is -0.481 e. The van der Waals surface area contributed by atoms with Crippen LogP contribution in [0.15, 0.2) is 0 Å². The van der Waals surface area contributed by atoms with Gasteiger partial charge in [-0.05, 0) is 141 Å². The molecule has 2 fully saturated rings. The van der Waals surface area contributed by atoms with Crippen molar-refractivity contribution < 1.29 is 43.7 Å². The van der Waals surface area contributed by atoms with Crippen molar-refractivity contribution in [3.63, 3.8) is 0 Å². The minimum atomic E-state index is -0.821. The molecule has 0 atom stereocenters. The summed E-state index contributed by atoms with van der Waals surface area (Å²) in [6.07, 6.45) is 11.4. The Kier molecular flexibility index (Phi) is 18.2. The van der Waals surface area contributed by atoms with Crippen LogP contribution in [0.2, 0.25) is 0 Å². The topological polar surface area (TPSA) is 170 Å². The van der Waals surface area contributed by atoms with Crippen LogP contribution < -0.4 is 5.73 Å². The van der Waals surface area contributed by atoms with Gasteiger partial charge in [0, 0.05) is 19.3 Å². The molecule has 2 rings (SSSR count). The van der Waals surface area contributed by atoms with Gasteiger partial charge in [0.25, 0.3) is 0 Å². The SMILES string of the molecule is C.CC(C)(C)OC(=O)CCC1(CC(=O)O)CCC(CC=O)CC1.CC(C)(C)OC(=O)CCC1(CC(=O)O)CCC(CCN)CC1.